The van der Waals surface area contributed by atoms with Crippen LogP contribution in [0, 0.1) is 6.07 Å². The highest BCUT2D eigenvalue weighted by atomic mass is 16.5. The van der Waals surface area contributed by atoms with Crippen LogP contribution in [0.1, 0.15) is 0 Å². The first-order valence-corrected chi connectivity index (χ1v) is 3.54. The SMILES string of the molecule is Nc1cccc(-c2[c]con2)c1. The van der Waals surface area contributed by atoms with Gasteiger partial charge < -0.3 is 10.3 Å². The van der Waals surface area contributed by atoms with Gasteiger partial charge in [-0.3, -0.25) is 0 Å². The summed E-state index contributed by atoms with van der Waals surface area (Å²) in [6.07, 6.45) is 1.42. The second-order valence-corrected chi connectivity index (χ2v) is 2.43. The highest BCUT2D eigenvalue weighted by Gasteiger charge is 2.00. The molecule has 0 aliphatic carbocycles. The lowest BCUT2D eigenvalue weighted by molar-refractivity contribution is 0.422. The molecule has 59 valence electrons. The van der Waals surface area contributed by atoms with Crippen molar-refractivity contribution < 1.29 is 4.52 Å². The van der Waals surface area contributed by atoms with Gasteiger partial charge in [-0.25, -0.2) is 0 Å². The molecule has 1 aromatic heterocycles. The van der Waals surface area contributed by atoms with Crippen LogP contribution < -0.4 is 5.73 Å². The van der Waals surface area contributed by atoms with E-state index in [0.29, 0.717) is 11.4 Å². The van der Waals surface area contributed by atoms with Crippen LogP contribution in [0.5, 0.6) is 0 Å². The largest absolute Gasteiger partial charge is 0.399 e. The Bertz CT molecular complexity index is 368. The summed E-state index contributed by atoms with van der Waals surface area (Å²) in [6, 6.07) is 10.3. The molecule has 0 atom stereocenters. The van der Waals surface area contributed by atoms with Crippen LogP contribution >= 0.6 is 0 Å². The fourth-order valence-electron chi connectivity index (χ4n) is 1.01. The summed E-state index contributed by atoms with van der Waals surface area (Å²) in [5.41, 5.74) is 7.91. The molecule has 2 rings (SSSR count). The predicted molar refractivity (Wildman–Crippen MR) is 45.2 cm³/mol. The highest BCUT2D eigenvalue weighted by Crippen LogP contribution is 2.18. The van der Waals surface area contributed by atoms with E-state index >= 15 is 0 Å². The lowest BCUT2D eigenvalue weighted by Gasteiger charge is -1.95. The Balaban J connectivity index is 2.48. The number of benzene rings is 1. The number of hydrogen-bond donors (Lipinski definition) is 1. The van der Waals surface area contributed by atoms with E-state index in [1.165, 1.54) is 6.26 Å². The Morgan fingerprint density at radius 3 is 3.00 bits per heavy atom. The zero-order chi connectivity index (χ0) is 8.39. The molecule has 3 heteroatoms. The van der Waals surface area contributed by atoms with Gasteiger partial charge in [0.05, 0.1) is 6.07 Å². The van der Waals surface area contributed by atoms with E-state index in [2.05, 4.69) is 15.7 Å². The Morgan fingerprint density at radius 2 is 2.33 bits per heavy atom. The second kappa shape index (κ2) is 2.70. The summed E-state index contributed by atoms with van der Waals surface area (Å²) < 4.78 is 4.66. The molecule has 3 nitrogen and oxygen atoms in total. The Labute approximate surface area is 69.8 Å². The van der Waals surface area contributed by atoms with E-state index < -0.39 is 0 Å². The van der Waals surface area contributed by atoms with Crippen LogP contribution in [0.2, 0.25) is 0 Å². The van der Waals surface area contributed by atoms with E-state index in [1.54, 1.807) is 0 Å². The van der Waals surface area contributed by atoms with Crippen LogP contribution in [0.4, 0.5) is 5.69 Å². The molecule has 1 radical (unpaired) electrons. The van der Waals surface area contributed by atoms with Gasteiger partial charge in [0.2, 0.25) is 0 Å². The minimum absolute atomic E-state index is 0.683. The molecule has 0 fully saturated rings. The summed E-state index contributed by atoms with van der Waals surface area (Å²) in [6.45, 7) is 0. The molecular weight excluding hydrogens is 152 g/mol. The average molecular weight is 159 g/mol. The fourth-order valence-corrected chi connectivity index (χ4v) is 1.01. The Hall–Kier alpha value is -1.77. The third kappa shape index (κ3) is 1.16. The number of anilines is 1. The monoisotopic (exact) mass is 159 g/mol. The van der Waals surface area contributed by atoms with E-state index in [0.717, 1.165) is 5.56 Å². The zero-order valence-corrected chi connectivity index (χ0v) is 6.32. The van der Waals surface area contributed by atoms with E-state index in [4.69, 9.17) is 5.73 Å². The van der Waals surface area contributed by atoms with Crippen molar-refractivity contribution in [3.8, 4) is 11.3 Å². The predicted octanol–water partition coefficient (Wildman–Crippen LogP) is 1.72. The number of hydrogen-bond acceptors (Lipinski definition) is 3. The minimum atomic E-state index is 0.683. The number of nitrogen functional groups attached to an aromatic ring is 1. The third-order valence-electron chi connectivity index (χ3n) is 1.55. The Kier molecular flexibility index (Phi) is 1.55. The maximum atomic E-state index is 5.59. The molecule has 0 aliphatic heterocycles. The van der Waals surface area contributed by atoms with Gasteiger partial charge in [-0.1, -0.05) is 17.3 Å². The molecule has 1 heterocycles. The van der Waals surface area contributed by atoms with Crippen molar-refractivity contribution in [1.29, 1.82) is 0 Å². The molecule has 0 unspecified atom stereocenters. The summed E-state index contributed by atoms with van der Waals surface area (Å²) >= 11 is 0. The van der Waals surface area contributed by atoms with Crippen molar-refractivity contribution in [3.63, 3.8) is 0 Å². The maximum Gasteiger partial charge on any atom is 0.132 e. The van der Waals surface area contributed by atoms with Crippen LogP contribution in [0.3, 0.4) is 0 Å². The first-order valence-electron chi connectivity index (χ1n) is 3.54. The van der Waals surface area contributed by atoms with Crippen molar-refractivity contribution in [2.45, 2.75) is 0 Å². The molecule has 1 aromatic carbocycles. The van der Waals surface area contributed by atoms with Gasteiger partial charge in [0, 0.05) is 11.3 Å². The van der Waals surface area contributed by atoms with E-state index in [-0.39, 0.29) is 0 Å². The summed E-state index contributed by atoms with van der Waals surface area (Å²) in [7, 11) is 0. The average Bonchev–Trinajstić information content (AvgIpc) is 2.56. The smallest absolute Gasteiger partial charge is 0.132 e. The van der Waals surface area contributed by atoms with Crippen molar-refractivity contribution >= 4 is 5.69 Å². The van der Waals surface area contributed by atoms with Gasteiger partial charge in [0.15, 0.2) is 0 Å². The zero-order valence-electron chi connectivity index (χ0n) is 6.32. The van der Waals surface area contributed by atoms with Gasteiger partial charge in [-0.15, -0.1) is 0 Å². The number of nitrogens with two attached hydrogens (primary N) is 1. The molecule has 0 spiro atoms. The van der Waals surface area contributed by atoms with Gasteiger partial charge in [0.25, 0.3) is 0 Å². The lowest BCUT2D eigenvalue weighted by atomic mass is 10.1. The quantitative estimate of drug-likeness (QED) is 0.644. The number of nitrogens with zero attached hydrogens (tertiary/aromatic N) is 1. The summed E-state index contributed by atoms with van der Waals surface area (Å²) in [4.78, 5) is 0. The van der Waals surface area contributed by atoms with E-state index in [9.17, 15) is 0 Å². The molecular formula is C9H7N2O. The molecule has 0 aliphatic rings. The van der Waals surface area contributed by atoms with Gasteiger partial charge in [-0.2, -0.15) is 0 Å². The molecule has 0 bridgehead atoms. The van der Waals surface area contributed by atoms with Crippen molar-refractivity contribution in [3.05, 3.63) is 36.6 Å². The Morgan fingerprint density at radius 1 is 1.42 bits per heavy atom. The van der Waals surface area contributed by atoms with Crippen LogP contribution in [-0.2, 0) is 0 Å². The van der Waals surface area contributed by atoms with Crippen LogP contribution in [-0.4, -0.2) is 5.16 Å². The fraction of sp³-hybridized carbons (Fsp3) is 0. The van der Waals surface area contributed by atoms with Gasteiger partial charge in [0.1, 0.15) is 12.0 Å². The standard InChI is InChI=1S/C9H7N2O/c10-8-3-1-2-7(6-8)9-4-5-12-11-9/h1-3,5-6H,10H2. The van der Waals surface area contributed by atoms with Gasteiger partial charge >= 0.3 is 0 Å². The first-order chi connectivity index (χ1) is 5.86. The molecule has 2 aromatic rings. The molecule has 2 N–H and O–H groups in total. The molecule has 12 heavy (non-hydrogen) atoms. The normalized spacial score (nSPS) is 10.0. The third-order valence-corrected chi connectivity index (χ3v) is 1.55. The van der Waals surface area contributed by atoms with Crippen LogP contribution in [0.15, 0.2) is 35.1 Å². The van der Waals surface area contributed by atoms with Crippen LogP contribution in [0.25, 0.3) is 11.3 Å². The maximum absolute atomic E-state index is 5.59. The summed E-state index contributed by atoms with van der Waals surface area (Å²) in [5, 5.41) is 3.74. The number of aromatic nitrogens is 1. The lowest BCUT2D eigenvalue weighted by Crippen LogP contribution is -1.84. The minimum Gasteiger partial charge on any atom is -0.399 e. The van der Waals surface area contributed by atoms with Crippen molar-refractivity contribution in [2.75, 3.05) is 5.73 Å². The van der Waals surface area contributed by atoms with Crippen molar-refractivity contribution in [2.24, 2.45) is 0 Å². The number of rotatable bonds is 1. The molecule has 0 amide bonds. The van der Waals surface area contributed by atoms with Gasteiger partial charge in [-0.05, 0) is 12.1 Å². The topological polar surface area (TPSA) is 52.0 Å². The first kappa shape index (κ1) is 6.91. The second-order valence-electron chi connectivity index (χ2n) is 2.43. The highest BCUT2D eigenvalue weighted by molar-refractivity contribution is 5.62. The van der Waals surface area contributed by atoms with E-state index in [1.807, 2.05) is 24.3 Å². The summed E-state index contributed by atoms with van der Waals surface area (Å²) in [5.74, 6) is 0. The molecule has 0 saturated carbocycles. The molecule has 0 saturated heterocycles. The van der Waals surface area contributed by atoms with Crippen molar-refractivity contribution in [1.82, 2.24) is 5.16 Å².